The molecule has 0 aromatic heterocycles. The monoisotopic (exact) mass is 194 g/mol. The third kappa shape index (κ3) is 3.79. The Morgan fingerprint density at radius 3 is 2.50 bits per heavy atom. The molecular weight excluding hydrogens is 176 g/mol. The zero-order valence-corrected chi connectivity index (χ0v) is 9.09. The van der Waals surface area contributed by atoms with Crippen LogP contribution in [0.1, 0.15) is 20.3 Å². The molecule has 0 bridgehead atoms. The van der Waals surface area contributed by atoms with Crippen LogP contribution in [-0.2, 0) is 0 Å². The van der Waals surface area contributed by atoms with Crippen molar-refractivity contribution in [1.29, 1.82) is 0 Å². The van der Waals surface area contributed by atoms with Crippen LogP contribution >= 0.6 is 0 Å². The summed E-state index contributed by atoms with van der Waals surface area (Å²) in [6.45, 7) is 4.87. The van der Waals surface area contributed by atoms with Crippen molar-refractivity contribution in [2.45, 2.75) is 32.6 Å². The highest BCUT2D eigenvalue weighted by Crippen LogP contribution is 1.97. The lowest BCUT2D eigenvalue weighted by atomic mass is 10.4. The van der Waals surface area contributed by atoms with E-state index in [-0.39, 0.29) is 12.3 Å². The standard InChI is InChI=1S/C10H18N4/c1-9-11-5-4-6-13-10(2)14(3)8-7-12-9/h5-7,9-10H,4,8H2,1-3H3. The molecule has 0 fully saturated rings. The zero-order chi connectivity index (χ0) is 10.4. The summed E-state index contributed by atoms with van der Waals surface area (Å²) in [5, 5.41) is 0. The van der Waals surface area contributed by atoms with E-state index in [1.165, 1.54) is 0 Å². The number of hydrogen-bond donors (Lipinski definition) is 0. The van der Waals surface area contributed by atoms with Crippen molar-refractivity contribution in [2.75, 3.05) is 13.6 Å². The average molecular weight is 194 g/mol. The SMILES string of the molecule is CC1N=CCC=NC(C)N(C)CC=N1. The maximum Gasteiger partial charge on any atom is 0.136 e. The summed E-state index contributed by atoms with van der Waals surface area (Å²) >= 11 is 0. The third-order valence-electron chi connectivity index (χ3n) is 2.18. The Hall–Kier alpha value is -1.03. The van der Waals surface area contributed by atoms with Crippen molar-refractivity contribution in [1.82, 2.24) is 4.90 Å². The van der Waals surface area contributed by atoms with E-state index in [9.17, 15) is 0 Å². The molecule has 0 N–H and O–H groups in total. The maximum atomic E-state index is 4.38. The number of aliphatic imine (C=N–C) groups is 3. The highest BCUT2D eigenvalue weighted by molar-refractivity contribution is 5.79. The number of nitrogens with zero attached hydrogens (tertiary/aromatic N) is 4. The summed E-state index contributed by atoms with van der Waals surface area (Å²) in [4.78, 5) is 15.1. The maximum absolute atomic E-state index is 4.38. The first kappa shape index (κ1) is 11.0. The first-order chi connectivity index (χ1) is 6.70. The molecule has 0 aliphatic carbocycles. The molecular formula is C10H18N4. The predicted molar refractivity (Wildman–Crippen MR) is 61.6 cm³/mol. The van der Waals surface area contributed by atoms with Crippen LogP contribution in [0, 0.1) is 0 Å². The second kappa shape index (κ2) is 5.65. The van der Waals surface area contributed by atoms with Crippen LogP contribution in [0.5, 0.6) is 0 Å². The van der Waals surface area contributed by atoms with Crippen LogP contribution in [0.15, 0.2) is 15.0 Å². The number of rotatable bonds is 0. The highest BCUT2D eigenvalue weighted by atomic mass is 15.2. The van der Waals surface area contributed by atoms with Crippen molar-refractivity contribution in [3.63, 3.8) is 0 Å². The van der Waals surface area contributed by atoms with E-state index in [2.05, 4.69) is 26.8 Å². The van der Waals surface area contributed by atoms with Gasteiger partial charge in [-0.3, -0.25) is 19.9 Å². The van der Waals surface area contributed by atoms with Crippen molar-refractivity contribution >= 4 is 18.6 Å². The van der Waals surface area contributed by atoms with Gasteiger partial charge in [0.05, 0.1) is 6.17 Å². The molecule has 14 heavy (non-hydrogen) atoms. The van der Waals surface area contributed by atoms with E-state index in [0.29, 0.717) is 0 Å². The summed E-state index contributed by atoms with van der Waals surface area (Å²) in [7, 11) is 2.04. The van der Waals surface area contributed by atoms with Crippen LogP contribution < -0.4 is 0 Å². The molecule has 0 saturated heterocycles. The Kier molecular flexibility index (Phi) is 4.46. The van der Waals surface area contributed by atoms with Gasteiger partial charge in [0.1, 0.15) is 6.17 Å². The normalized spacial score (nSPS) is 30.2. The van der Waals surface area contributed by atoms with Crippen LogP contribution in [0.4, 0.5) is 0 Å². The molecule has 1 heterocycles. The van der Waals surface area contributed by atoms with Gasteiger partial charge < -0.3 is 0 Å². The minimum absolute atomic E-state index is 0.0326. The Balaban J connectivity index is 2.65. The van der Waals surface area contributed by atoms with Gasteiger partial charge in [-0.15, -0.1) is 0 Å². The molecule has 0 radical (unpaired) electrons. The molecule has 1 aliphatic heterocycles. The van der Waals surface area contributed by atoms with E-state index < -0.39 is 0 Å². The van der Waals surface area contributed by atoms with Gasteiger partial charge in [0.2, 0.25) is 0 Å². The molecule has 2 unspecified atom stereocenters. The molecule has 4 heteroatoms. The molecule has 1 rings (SSSR count). The lowest BCUT2D eigenvalue weighted by molar-refractivity contribution is 0.304. The lowest BCUT2D eigenvalue weighted by Gasteiger charge is -2.18. The fraction of sp³-hybridized carbons (Fsp3) is 0.700. The van der Waals surface area contributed by atoms with Crippen molar-refractivity contribution in [3.05, 3.63) is 0 Å². The summed E-state index contributed by atoms with van der Waals surface area (Å²) in [5.41, 5.74) is 0. The third-order valence-corrected chi connectivity index (χ3v) is 2.18. The van der Waals surface area contributed by atoms with Crippen LogP contribution in [-0.4, -0.2) is 49.5 Å². The predicted octanol–water partition coefficient (Wildman–Crippen LogP) is 1.23. The van der Waals surface area contributed by atoms with Gasteiger partial charge in [-0.1, -0.05) is 0 Å². The zero-order valence-electron chi connectivity index (χ0n) is 9.09. The van der Waals surface area contributed by atoms with Crippen molar-refractivity contribution < 1.29 is 0 Å². The van der Waals surface area contributed by atoms with Gasteiger partial charge in [0.15, 0.2) is 0 Å². The second-order valence-corrected chi connectivity index (χ2v) is 3.43. The molecule has 78 valence electrons. The summed E-state index contributed by atoms with van der Waals surface area (Å²) < 4.78 is 0. The van der Waals surface area contributed by atoms with Crippen LogP contribution in [0.3, 0.4) is 0 Å². The van der Waals surface area contributed by atoms with Gasteiger partial charge in [-0.05, 0) is 20.9 Å². The van der Waals surface area contributed by atoms with E-state index in [4.69, 9.17) is 0 Å². The minimum Gasteiger partial charge on any atom is -0.280 e. The van der Waals surface area contributed by atoms with Gasteiger partial charge in [0.25, 0.3) is 0 Å². The summed E-state index contributed by atoms with van der Waals surface area (Å²) in [6, 6.07) is 0. The first-order valence-corrected chi connectivity index (χ1v) is 4.95. The Morgan fingerprint density at radius 1 is 1.07 bits per heavy atom. The molecule has 0 amide bonds. The van der Waals surface area contributed by atoms with Gasteiger partial charge in [-0.25, -0.2) is 0 Å². The molecule has 0 aromatic rings. The fourth-order valence-corrected chi connectivity index (χ4v) is 1.11. The number of hydrogen-bond acceptors (Lipinski definition) is 4. The summed E-state index contributed by atoms with van der Waals surface area (Å²) in [5.74, 6) is 0. The molecule has 1 aliphatic rings. The molecule has 0 aromatic carbocycles. The van der Waals surface area contributed by atoms with Crippen LogP contribution in [0.25, 0.3) is 0 Å². The minimum atomic E-state index is 0.0326. The topological polar surface area (TPSA) is 40.3 Å². The summed E-state index contributed by atoms with van der Waals surface area (Å²) in [6.07, 6.45) is 6.71. The molecule has 2 atom stereocenters. The van der Waals surface area contributed by atoms with E-state index >= 15 is 0 Å². The highest BCUT2D eigenvalue weighted by Gasteiger charge is 2.04. The molecule has 4 nitrogen and oxygen atoms in total. The first-order valence-electron chi connectivity index (χ1n) is 4.95. The second-order valence-electron chi connectivity index (χ2n) is 3.43. The average Bonchev–Trinajstić information content (AvgIpc) is 2.18. The largest absolute Gasteiger partial charge is 0.280 e. The Morgan fingerprint density at radius 2 is 1.71 bits per heavy atom. The van der Waals surface area contributed by atoms with Gasteiger partial charge in [-0.2, -0.15) is 0 Å². The van der Waals surface area contributed by atoms with Crippen molar-refractivity contribution in [2.24, 2.45) is 15.0 Å². The lowest BCUT2D eigenvalue weighted by Crippen LogP contribution is -2.29. The van der Waals surface area contributed by atoms with Crippen molar-refractivity contribution in [3.8, 4) is 0 Å². The van der Waals surface area contributed by atoms with Gasteiger partial charge in [0, 0.05) is 31.6 Å². The van der Waals surface area contributed by atoms with E-state index in [1.54, 1.807) is 0 Å². The Labute approximate surface area is 85.5 Å². The van der Waals surface area contributed by atoms with E-state index in [0.717, 1.165) is 13.0 Å². The van der Waals surface area contributed by atoms with Gasteiger partial charge >= 0.3 is 0 Å². The van der Waals surface area contributed by atoms with Crippen LogP contribution in [0.2, 0.25) is 0 Å². The Bertz CT molecular complexity index is 245. The fourth-order valence-electron chi connectivity index (χ4n) is 1.11. The van der Waals surface area contributed by atoms with E-state index in [1.807, 2.05) is 32.6 Å². The molecule has 0 saturated carbocycles. The smallest absolute Gasteiger partial charge is 0.136 e. The molecule has 0 spiro atoms. The quantitative estimate of drug-likeness (QED) is 0.571.